The zero-order valence-corrected chi connectivity index (χ0v) is 24.3. The molecule has 46 heavy (non-hydrogen) atoms. The normalized spacial score (nSPS) is 11.3. The van der Waals surface area contributed by atoms with Gasteiger partial charge in [0.2, 0.25) is 5.43 Å². The minimum absolute atomic E-state index is 0.179. The van der Waals surface area contributed by atoms with Crippen LogP contribution in [0, 0.1) is 0 Å². The molecule has 0 aliphatic heterocycles. The monoisotopic (exact) mass is 627 g/mol. The van der Waals surface area contributed by atoms with E-state index in [1.807, 2.05) is 0 Å². The summed E-state index contributed by atoms with van der Waals surface area (Å²) in [6.07, 6.45) is -1.89. The van der Waals surface area contributed by atoms with E-state index in [-0.39, 0.29) is 10.9 Å². The number of alkyl halides is 3. The minimum Gasteiger partial charge on any atom is -0.493 e. The lowest BCUT2D eigenvalue weighted by Gasteiger charge is -2.15. The number of fused-ring (bicyclic) bond motifs is 2. The quantitative estimate of drug-likeness (QED) is 0.187. The molecule has 1 amide bonds. The summed E-state index contributed by atoms with van der Waals surface area (Å²) in [6.45, 7) is 0. The Morgan fingerprint density at radius 1 is 0.804 bits per heavy atom. The van der Waals surface area contributed by atoms with Crippen molar-refractivity contribution < 1.29 is 36.9 Å². The van der Waals surface area contributed by atoms with Gasteiger partial charge in [-0.05, 0) is 60.7 Å². The first-order valence-corrected chi connectivity index (χ1v) is 13.7. The molecule has 6 rings (SSSR count). The molecular weight excluding hydrogens is 603 g/mol. The van der Waals surface area contributed by atoms with Gasteiger partial charge in [-0.1, -0.05) is 18.2 Å². The standard InChI is InChI=1S/C34H24F3N3O6/c1-43-30-17-25-27(18-31(30)44-2)38-15-14-29(25)45-23-7-5-6-20(16-23)39-33(42)26-19-40(28-9-4-3-8-24(28)32(26)41)21-10-12-22(13-11-21)46-34(35,36)37/h3-19H,1-2H3,(H,39,42). The first kappa shape index (κ1) is 30.0. The van der Waals surface area contributed by atoms with Crippen molar-refractivity contribution in [2.24, 2.45) is 0 Å². The smallest absolute Gasteiger partial charge is 0.493 e. The fourth-order valence-corrected chi connectivity index (χ4v) is 4.96. The number of halogens is 3. The largest absolute Gasteiger partial charge is 0.573 e. The number of para-hydroxylation sites is 1. The third kappa shape index (κ3) is 6.13. The molecule has 1 N–H and O–H groups in total. The molecule has 4 aromatic carbocycles. The van der Waals surface area contributed by atoms with Gasteiger partial charge in [0.05, 0.1) is 25.3 Å². The highest BCUT2D eigenvalue weighted by atomic mass is 19.4. The van der Waals surface area contributed by atoms with E-state index in [9.17, 15) is 22.8 Å². The molecule has 12 heteroatoms. The average Bonchev–Trinajstić information content (AvgIpc) is 3.04. The molecule has 2 aromatic heterocycles. The summed E-state index contributed by atoms with van der Waals surface area (Å²) in [5.41, 5.74) is 1.16. The first-order valence-electron chi connectivity index (χ1n) is 13.7. The number of amides is 1. The molecule has 9 nitrogen and oxygen atoms in total. The highest BCUT2D eigenvalue weighted by molar-refractivity contribution is 6.06. The second kappa shape index (κ2) is 12.2. The van der Waals surface area contributed by atoms with Crippen molar-refractivity contribution in [3.05, 3.63) is 119 Å². The van der Waals surface area contributed by atoms with Gasteiger partial charge in [0.1, 0.15) is 22.8 Å². The molecule has 0 saturated heterocycles. The van der Waals surface area contributed by atoms with Crippen LogP contribution in [0.1, 0.15) is 10.4 Å². The highest BCUT2D eigenvalue weighted by Gasteiger charge is 2.31. The summed E-state index contributed by atoms with van der Waals surface area (Å²) >= 11 is 0. The van der Waals surface area contributed by atoms with Gasteiger partial charge in [-0.3, -0.25) is 14.6 Å². The fourth-order valence-electron chi connectivity index (χ4n) is 4.96. The van der Waals surface area contributed by atoms with Crippen LogP contribution in [-0.2, 0) is 0 Å². The molecule has 6 aromatic rings. The Labute approximate surface area is 259 Å². The minimum atomic E-state index is -4.84. The molecule has 0 fully saturated rings. The number of ether oxygens (including phenoxy) is 4. The van der Waals surface area contributed by atoms with Crippen molar-refractivity contribution in [2.75, 3.05) is 19.5 Å². The Kier molecular flexibility index (Phi) is 7.93. The third-order valence-electron chi connectivity index (χ3n) is 7.03. The van der Waals surface area contributed by atoms with Crippen LogP contribution in [0.15, 0.2) is 108 Å². The van der Waals surface area contributed by atoms with E-state index in [0.717, 1.165) is 12.1 Å². The second-order valence-electron chi connectivity index (χ2n) is 9.92. The van der Waals surface area contributed by atoms with E-state index in [2.05, 4.69) is 15.0 Å². The first-order chi connectivity index (χ1) is 22.1. The van der Waals surface area contributed by atoms with Gasteiger partial charge in [0.15, 0.2) is 11.5 Å². The van der Waals surface area contributed by atoms with Crippen LogP contribution in [0.25, 0.3) is 27.5 Å². The Morgan fingerprint density at radius 2 is 1.54 bits per heavy atom. The van der Waals surface area contributed by atoms with E-state index in [1.54, 1.807) is 77.5 Å². The molecule has 0 saturated carbocycles. The molecule has 0 aliphatic rings. The zero-order valence-electron chi connectivity index (χ0n) is 24.3. The maximum Gasteiger partial charge on any atom is 0.573 e. The fraction of sp³-hybridized carbons (Fsp3) is 0.0882. The lowest BCUT2D eigenvalue weighted by molar-refractivity contribution is -0.274. The molecule has 0 aliphatic carbocycles. The molecule has 2 heterocycles. The third-order valence-corrected chi connectivity index (χ3v) is 7.03. The number of nitrogens with one attached hydrogen (secondary N) is 1. The van der Waals surface area contributed by atoms with E-state index in [0.29, 0.717) is 50.8 Å². The number of carbonyl (C=O) groups is 1. The molecule has 0 spiro atoms. The number of pyridine rings is 2. The Hall–Kier alpha value is -6.04. The summed E-state index contributed by atoms with van der Waals surface area (Å²) in [4.78, 5) is 31.3. The summed E-state index contributed by atoms with van der Waals surface area (Å²) < 4.78 is 60.5. The number of nitrogens with zero attached hydrogens (tertiary/aromatic N) is 2. The number of carbonyl (C=O) groups excluding carboxylic acids is 1. The number of rotatable bonds is 8. The van der Waals surface area contributed by atoms with E-state index < -0.39 is 23.4 Å². The predicted octanol–water partition coefficient (Wildman–Crippen LogP) is 7.50. The topological polar surface area (TPSA) is 101 Å². The SMILES string of the molecule is COc1cc2nccc(Oc3cccc(NC(=O)c4cn(-c5ccc(OC(F)(F)F)cc5)c5ccccc5c4=O)c3)c2cc1OC. The molecule has 0 atom stereocenters. The van der Waals surface area contributed by atoms with Gasteiger partial charge in [-0.2, -0.15) is 0 Å². The lowest BCUT2D eigenvalue weighted by atomic mass is 10.1. The van der Waals surface area contributed by atoms with Crippen LogP contribution in [-0.4, -0.2) is 36.0 Å². The van der Waals surface area contributed by atoms with Gasteiger partial charge >= 0.3 is 6.36 Å². The Morgan fingerprint density at radius 3 is 2.28 bits per heavy atom. The zero-order chi connectivity index (χ0) is 32.4. The van der Waals surface area contributed by atoms with Crippen LogP contribution in [0.4, 0.5) is 18.9 Å². The van der Waals surface area contributed by atoms with Gasteiger partial charge in [0, 0.05) is 46.7 Å². The average molecular weight is 628 g/mol. The van der Waals surface area contributed by atoms with Crippen molar-refractivity contribution >= 4 is 33.4 Å². The van der Waals surface area contributed by atoms with Crippen LogP contribution >= 0.6 is 0 Å². The number of hydrogen-bond acceptors (Lipinski definition) is 7. The number of benzene rings is 4. The Balaban J connectivity index is 1.30. The maximum atomic E-state index is 13.5. The van der Waals surface area contributed by atoms with Gasteiger partial charge in [0.25, 0.3) is 5.91 Å². The van der Waals surface area contributed by atoms with Crippen molar-refractivity contribution in [3.63, 3.8) is 0 Å². The molecular formula is C34H24F3N3O6. The summed E-state index contributed by atoms with van der Waals surface area (Å²) in [7, 11) is 3.06. The summed E-state index contributed by atoms with van der Waals surface area (Å²) in [5, 5.41) is 3.67. The maximum absolute atomic E-state index is 13.5. The summed E-state index contributed by atoms with van der Waals surface area (Å²) in [6, 6.07) is 23.5. The van der Waals surface area contributed by atoms with Crippen LogP contribution in [0.3, 0.4) is 0 Å². The van der Waals surface area contributed by atoms with Crippen molar-refractivity contribution in [2.45, 2.75) is 6.36 Å². The predicted molar refractivity (Wildman–Crippen MR) is 166 cm³/mol. The summed E-state index contributed by atoms with van der Waals surface area (Å²) in [5.74, 6) is 0.811. The number of anilines is 1. The highest BCUT2D eigenvalue weighted by Crippen LogP contribution is 2.37. The number of methoxy groups -OCH3 is 2. The van der Waals surface area contributed by atoms with E-state index in [1.165, 1.54) is 32.5 Å². The van der Waals surface area contributed by atoms with E-state index in [4.69, 9.17) is 14.2 Å². The molecule has 232 valence electrons. The molecule has 0 radical (unpaired) electrons. The van der Waals surface area contributed by atoms with Crippen molar-refractivity contribution in [3.8, 4) is 34.4 Å². The van der Waals surface area contributed by atoms with Crippen LogP contribution in [0.2, 0.25) is 0 Å². The molecule has 0 bridgehead atoms. The van der Waals surface area contributed by atoms with Crippen LogP contribution in [0.5, 0.6) is 28.7 Å². The van der Waals surface area contributed by atoms with Gasteiger partial charge in [-0.15, -0.1) is 13.2 Å². The van der Waals surface area contributed by atoms with Crippen molar-refractivity contribution in [1.29, 1.82) is 0 Å². The van der Waals surface area contributed by atoms with Gasteiger partial charge in [-0.25, -0.2) is 0 Å². The number of aromatic nitrogens is 2. The Bertz CT molecular complexity index is 2150. The number of hydrogen-bond donors (Lipinski definition) is 1. The van der Waals surface area contributed by atoms with Crippen LogP contribution < -0.4 is 29.7 Å². The van der Waals surface area contributed by atoms with Crippen molar-refractivity contribution in [1.82, 2.24) is 9.55 Å². The van der Waals surface area contributed by atoms with E-state index >= 15 is 0 Å². The molecule has 0 unspecified atom stereocenters. The second-order valence-corrected chi connectivity index (χ2v) is 9.92. The lowest BCUT2D eigenvalue weighted by Crippen LogP contribution is -2.23. The van der Waals surface area contributed by atoms with Gasteiger partial charge < -0.3 is 28.8 Å².